The summed E-state index contributed by atoms with van der Waals surface area (Å²) in [5, 5.41) is 0.843. The predicted molar refractivity (Wildman–Crippen MR) is 62.3 cm³/mol. The molecule has 1 atom stereocenters. The number of fused-ring (bicyclic) bond motifs is 1. The monoisotopic (exact) mass is 241 g/mol. The lowest BCUT2D eigenvalue weighted by Gasteiger charge is -2.07. The van der Waals surface area contributed by atoms with Gasteiger partial charge in [0.25, 0.3) is 0 Å². The number of H-pyrrole nitrogens is 1. The highest BCUT2D eigenvalue weighted by Crippen LogP contribution is 2.21. The van der Waals surface area contributed by atoms with Crippen LogP contribution < -0.4 is 5.73 Å². The van der Waals surface area contributed by atoms with Gasteiger partial charge in [-0.2, -0.15) is 0 Å². The summed E-state index contributed by atoms with van der Waals surface area (Å²) in [6.07, 6.45) is 3.35. The standard InChI is InChI=1S/C10H11N3O2.ClH/c1-15-10(14)8(11)7-5-13-9-6(7)3-2-4-12-9;/h2-5,8H,11H2,1H3,(H,12,13);1H. The summed E-state index contributed by atoms with van der Waals surface area (Å²) < 4.78 is 4.59. The zero-order valence-electron chi connectivity index (χ0n) is 8.64. The molecule has 3 N–H and O–H groups in total. The third kappa shape index (κ3) is 2.00. The van der Waals surface area contributed by atoms with Crippen molar-refractivity contribution in [2.24, 2.45) is 5.73 Å². The molecule has 0 amide bonds. The van der Waals surface area contributed by atoms with Crippen molar-refractivity contribution in [3.05, 3.63) is 30.1 Å². The lowest BCUT2D eigenvalue weighted by molar-refractivity contribution is -0.142. The van der Waals surface area contributed by atoms with Gasteiger partial charge in [0.1, 0.15) is 11.7 Å². The van der Waals surface area contributed by atoms with E-state index in [1.807, 2.05) is 6.07 Å². The Bertz CT molecular complexity index is 498. The summed E-state index contributed by atoms with van der Waals surface area (Å²) in [7, 11) is 1.31. The first-order valence-electron chi connectivity index (χ1n) is 4.49. The molecular weight excluding hydrogens is 230 g/mol. The summed E-state index contributed by atoms with van der Waals surface area (Å²) in [6, 6.07) is 2.88. The Balaban J connectivity index is 0.00000128. The van der Waals surface area contributed by atoms with E-state index in [1.54, 1.807) is 18.5 Å². The number of carbonyl (C=O) groups is 1. The highest BCUT2D eigenvalue weighted by molar-refractivity contribution is 5.87. The van der Waals surface area contributed by atoms with Crippen molar-refractivity contribution in [3.8, 4) is 0 Å². The number of halogens is 1. The molecule has 0 saturated carbocycles. The van der Waals surface area contributed by atoms with E-state index in [9.17, 15) is 4.79 Å². The first-order chi connectivity index (χ1) is 7.24. The number of nitrogens with zero attached hydrogens (tertiary/aromatic N) is 1. The number of pyridine rings is 1. The third-order valence-corrected chi connectivity index (χ3v) is 2.27. The molecule has 0 fully saturated rings. The maximum atomic E-state index is 11.3. The molecule has 0 saturated heterocycles. The minimum atomic E-state index is -0.770. The molecule has 0 bridgehead atoms. The number of rotatable bonds is 2. The predicted octanol–water partition coefficient (Wildman–Crippen LogP) is 1.16. The number of aromatic amines is 1. The Kier molecular flexibility index (Phi) is 3.87. The number of methoxy groups -OCH3 is 1. The van der Waals surface area contributed by atoms with E-state index in [-0.39, 0.29) is 12.4 Å². The van der Waals surface area contributed by atoms with Crippen LogP contribution in [0.1, 0.15) is 11.6 Å². The second-order valence-electron chi connectivity index (χ2n) is 3.14. The average Bonchev–Trinajstić information content (AvgIpc) is 2.70. The van der Waals surface area contributed by atoms with Crippen LogP contribution in [0.2, 0.25) is 0 Å². The number of aromatic nitrogens is 2. The number of ether oxygens (including phenoxy) is 1. The van der Waals surface area contributed by atoms with Crippen molar-refractivity contribution in [3.63, 3.8) is 0 Å². The zero-order chi connectivity index (χ0) is 10.8. The number of nitrogens with two attached hydrogens (primary N) is 1. The van der Waals surface area contributed by atoms with Crippen LogP contribution in [0.25, 0.3) is 11.0 Å². The van der Waals surface area contributed by atoms with Crippen LogP contribution in [0.3, 0.4) is 0 Å². The largest absolute Gasteiger partial charge is 0.468 e. The van der Waals surface area contributed by atoms with Crippen molar-refractivity contribution < 1.29 is 9.53 Å². The van der Waals surface area contributed by atoms with E-state index in [0.29, 0.717) is 11.2 Å². The molecule has 0 aliphatic heterocycles. The molecule has 16 heavy (non-hydrogen) atoms. The number of esters is 1. The quantitative estimate of drug-likeness (QED) is 0.773. The fraction of sp³-hybridized carbons (Fsp3) is 0.200. The van der Waals surface area contributed by atoms with Crippen molar-refractivity contribution in [1.29, 1.82) is 0 Å². The molecule has 0 spiro atoms. The van der Waals surface area contributed by atoms with E-state index in [1.165, 1.54) is 7.11 Å². The van der Waals surface area contributed by atoms with E-state index in [2.05, 4.69) is 14.7 Å². The average molecular weight is 242 g/mol. The van der Waals surface area contributed by atoms with Gasteiger partial charge in [0, 0.05) is 23.3 Å². The minimum absolute atomic E-state index is 0. The van der Waals surface area contributed by atoms with Crippen LogP contribution in [0.5, 0.6) is 0 Å². The van der Waals surface area contributed by atoms with Gasteiger partial charge in [-0.3, -0.25) is 4.79 Å². The fourth-order valence-corrected chi connectivity index (χ4v) is 1.49. The zero-order valence-corrected chi connectivity index (χ0v) is 9.45. The molecular formula is C10H12ClN3O2. The Morgan fingerprint density at radius 2 is 2.38 bits per heavy atom. The second-order valence-corrected chi connectivity index (χ2v) is 3.14. The summed E-state index contributed by atoms with van der Waals surface area (Å²) in [6.45, 7) is 0. The van der Waals surface area contributed by atoms with Gasteiger partial charge >= 0.3 is 5.97 Å². The molecule has 2 aromatic rings. The van der Waals surface area contributed by atoms with Crippen LogP contribution in [0, 0.1) is 0 Å². The van der Waals surface area contributed by atoms with E-state index in [0.717, 1.165) is 5.39 Å². The number of carbonyl (C=O) groups excluding carboxylic acids is 1. The van der Waals surface area contributed by atoms with Gasteiger partial charge in [-0.25, -0.2) is 4.98 Å². The highest BCUT2D eigenvalue weighted by Gasteiger charge is 2.19. The Labute approximate surface area is 98.4 Å². The summed E-state index contributed by atoms with van der Waals surface area (Å²) >= 11 is 0. The molecule has 2 rings (SSSR count). The van der Waals surface area contributed by atoms with Gasteiger partial charge in [-0.15, -0.1) is 12.4 Å². The van der Waals surface area contributed by atoms with Gasteiger partial charge in [-0.05, 0) is 12.1 Å². The van der Waals surface area contributed by atoms with Crippen LogP contribution >= 0.6 is 12.4 Å². The molecule has 0 radical (unpaired) electrons. The van der Waals surface area contributed by atoms with Gasteiger partial charge in [-0.1, -0.05) is 0 Å². The molecule has 0 aliphatic carbocycles. The third-order valence-electron chi connectivity index (χ3n) is 2.27. The topological polar surface area (TPSA) is 81.0 Å². The summed E-state index contributed by atoms with van der Waals surface area (Å²) in [5.41, 5.74) is 7.15. The van der Waals surface area contributed by atoms with Gasteiger partial charge in [0.2, 0.25) is 0 Å². The Hall–Kier alpha value is -1.59. The maximum absolute atomic E-state index is 11.3. The van der Waals surface area contributed by atoms with Gasteiger partial charge in [0.15, 0.2) is 0 Å². The first-order valence-corrected chi connectivity index (χ1v) is 4.49. The van der Waals surface area contributed by atoms with Crippen LogP contribution in [0.15, 0.2) is 24.5 Å². The van der Waals surface area contributed by atoms with E-state index in [4.69, 9.17) is 5.73 Å². The Morgan fingerprint density at radius 3 is 3.06 bits per heavy atom. The molecule has 5 nitrogen and oxygen atoms in total. The highest BCUT2D eigenvalue weighted by atomic mass is 35.5. The van der Waals surface area contributed by atoms with Crippen LogP contribution in [0.4, 0.5) is 0 Å². The molecule has 6 heteroatoms. The van der Waals surface area contributed by atoms with E-state index >= 15 is 0 Å². The lowest BCUT2D eigenvalue weighted by Crippen LogP contribution is -2.22. The number of hydrogen-bond acceptors (Lipinski definition) is 4. The molecule has 2 aromatic heterocycles. The number of nitrogens with one attached hydrogen (secondary N) is 1. The Morgan fingerprint density at radius 1 is 1.62 bits per heavy atom. The van der Waals surface area contributed by atoms with Crippen molar-refractivity contribution >= 4 is 29.4 Å². The summed E-state index contributed by atoms with van der Waals surface area (Å²) in [4.78, 5) is 18.3. The molecule has 0 aliphatic rings. The normalized spacial score (nSPS) is 11.9. The van der Waals surface area contributed by atoms with Crippen molar-refractivity contribution in [1.82, 2.24) is 9.97 Å². The lowest BCUT2D eigenvalue weighted by atomic mass is 10.1. The maximum Gasteiger partial charge on any atom is 0.327 e. The SMILES string of the molecule is COC(=O)C(N)c1c[nH]c2ncccc12.Cl. The molecule has 1 unspecified atom stereocenters. The summed E-state index contributed by atoms with van der Waals surface area (Å²) in [5.74, 6) is -0.459. The number of hydrogen-bond donors (Lipinski definition) is 2. The van der Waals surface area contributed by atoms with Crippen molar-refractivity contribution in [2.45, 2.75) is 6.04 Å². The molecule has 2 heterocycles. The second kappa shape index (κ2) is 4.96. The fourth-order valence-electron chi connectivity index (χ4n) is 1.49. The van der Waals surface area contributed by atoms with Gasteiger partial charge in [0.05, 0.1) is 7.11 Å². The van der Waals surface area contributed by atoms with Gasteiger partial charge < -0.3 is 15.5 Å². The molecule has 86 valence electrons. The minimum Gasteiger partial charge on any atom is -0.468 e. The first kappa shape index (κ1) is 12.5. The smallest absolute Gasteiger partial charge is 0.327 e. The van der Waals surface area contributed by atoms with E-state index < -0.39 is 12.0 Å². The molecule has 0 aromatic carbocycles. The van der Waals surface area contributed by atoms with Crippen molar-refractivity contribution in [2.75, 3.05) is 7.11 Å². The van der Waals surface area contributed by atoms with Crippen LogP contribution in [-0.2, 0) is 9.53 Å². The van der Waals surface area contributed by atoms with Crippen LogP contribution in [-0.4, -0.2) is 23.0 Å².